The summed E-state index contributed by atoms with van der Waals surface area (Å²) in [7, 11) is 0. The Balaban J connectivity index is 1.56. The largest absolute Gasteiger partial charge is 0.381 e. The Bertz CT molecular complexity index is 432. The van der Waals surface area contributed by atoms with E-state index < -0.39 is 0 Å². The topological polar surface area (TPSA) is 25.4 Å². The maximum absolute atomic E-state index is 5.83. The zero-order valence-electron chi connectivity index (χ0n) is 13.3. The summed E-state index contributed by atoms with van der Waals surface area (Å²) >= 11 is 0. The molecule has 0 N–H and O–H groups in total. The van der Waals surface area contributed by atoms with Crippen LogP contribution in [0.15, 0.2) is 24.5 Å². The first-order valence-corrected chi connectivity index (χ1v) is 8.49. The van der Waals surface area contributed by atoms with E-state index in [-0.39, 0.29) is 0 Å². The molecule has 0 amide bonds. The summed E-state index contributed by atoms with van der Waals surface area (Å²) in [6, 6.07) is 4.21. The number of likely N-dealkylation sites (tertiary alicyclic amines) is 1. The van der Waals surface area contributed by atoms with Gasteiger partial charge in [-0.05, 0) is 50.3 Å². The normalized spacial score (nSPS) is 26.3. The van der Waals surface area contributed by atoms with Crippen LogP contribution >= 0.6 is 0 Å². The van der Waals surface area contributed by atoms with E-state index in [2.05, 4.69) is 22.9 Å². The molecule has 1 aromatic heterocycles. The van der Waals surface area contributed by atoms with Crippen molar-refractivity contribution < 1.29 is 4.74 Å². The van der Waals surface area contributed by atoms with E-state index in [9.17, 15) is 0 Å². The van der Waals surface area contributed by atoms with Gasteiger partial charge in [-0.25, -0.2) is 0 Å². The summed E-state index contributed by atoms with van der Waals surface area (Å²) in [5, 5.41) is 0. The average Bonchev–Trinajstić information content (AvgIpc) is 3.27. The van der Waals surface area contributed by atoms with E-state index in [1.165, 1.54) is 50.8 Å². The van der Waals surface area contributed by atoms with Gasteiger partial charge in [-0.15, -0.1) is 0 Å². The number of aromatic nitrogens is 1. The van der Waals surface area contributed by atoms with E-state index in [1.54, 1.807) is 0 Å². The van der Waals surface area contributed by atoms with E-state index in [4.69, 9.17) is 4.74 Å². The van der Waals surface area contributed by atoms with Crippen LogP contribution in [0.25, 0.3) is 0 Å². The lowest BCUT2D eigenvalue weighted by molar-refractivity contribution is 0.0466. The number of nitrogens with zero attached hydrogens (tertiary/aromatic N) is 2. The summed E-state index contributed by atoms with van der Waals surface area (Å²) in [5.41, 5.74) is 1.73. The van der Waals surface area contributed by atoms with Gasteiger partial charge in [0.1, 0.15) is 0 Å². The van der Waals surface area contributed by atoms with Gasteiger partial charge in [0.05, 0.1) is 6.61 Å². The quantitative estimate of drug-likeness (QED) is 0.732. The third-order valence-electron chi connectivity index (χ3n) is 5.04. The third-order valence-corrected chi connectivity index (χ3v) is 5.04. The molecule has 1 saturated carbocycles. The average molecular weight is 288 g/mol. The van der Waals surface area contributed by atoms with Crippen LogP contribution in [0.3, 0.4) is 0 Å². The first-order chi connectivity index (χ1) is 10.3. The zero-order valence-corrected chi connectivity index (χ0v) is 13.3. The Kier molecular flexibility index (Phi) is 4.91. The Morgan fingerprint density at radius 1 is 1.43 bits per heavy atom. The molecule has 1 saturated heterocycles. The Labute approximate surface area is 128 Å². The molecule has 0 unspecified atom stereocenters. The summed E-state index contributed by atoms with van der Waals surface area (Å²) < 4.78 is 5.83. The molecule has 1 aliphatic carbocycles. The second-order valence-corrected chi connectivity index (χ2v) is 6.94. The van der Waals surface area contributed by atoms with Gasteiger partial charge in [-0.2, -0.15) is 0 Å². The summed E-state index contributed by atoms with van der Waals surface area (Å²) in [5.74, 6) is 1.02. The van der Waals surface area contributed by atoms with Gasteiger partial charge in [-0.3, -0.25) is 9.88 Å². The fourth-order valence-electron chi connectivity index (χ4n) is 3.54. The molecule has 3 heteroatoms. The first-order valence-electron chi connectivity index (χ1n) is 8.49. The molecule has 1 aliphatic heterocycles. The van der Waals surface area contributed by atoms with Crippen molar-refractivity contribution in [3.05, 3.63) is 30.1 Å². The lowest BCUT2D eigenvalue weighted by Crippen LogP contribution is -2.31. The van der Waals surface area contributed by atoms with E-state index in [1.807, 2.05) is 18.5 Å². The molecule has 2 aliphatic rings. The zero-order chi connectivity index (χ0) is 14.5. The number of hydrogen-bond acceptors (Lipinski definition) is 3. The van der Waals surface area contributed by atoms with Crippen LogP contribution in [0.4, 0.5) is 0 Å². The third kappa shape index (κ3) is 4.27. The van der Waals surface area contributed by atoms with Crippen molar-refractivity contribution in [1.29, 1.82) is 0 Å². The fourth-order valence-corrected chi connectivity index (χ4v) is 3.54. The molecular formula is C18H28N2O. The number of pyridine rings is 1. The Hall–Kier alpha value is -0.930. The monoisotopic (exact) mass is 288 g/mol. The Morgan fingerprint density at radius 2 is 2.33 bits per heavy atom. The standard InChI is InChI=1S/C18H28N2O/c1-2-21-15-18(8-7-16-5-6-16)9-11-20(14-18)13-17-4-3-10-19-12-17/h3-4,10,12,16H,2,5-9,11,13-15H2,1H3/t18-/m0/s1. The maximum Gasteiger partial charge on any atom is 0.0535 e. The highest BCUT2D eigenvalue weighted by molar-refractivity contribution is 5.09. The molecule has 2 fully saturated rings. The lowest BCUT2D eigenvalue weighted by atomic mass is 9.82. The molecule has 0 bridgehead atoms. The highest BCUT2D eigenvalue weighted by Gasteiger charge is 2.39. The molecule has 0 radical (unpaired) electrons. The van der Waals surface area contributed by atoms with Gasteiger partial charge in [0.2, 0.25) is 0 Å². The van der Waals surface area contributed by atoms with Crippen LogP contribution in [0.2, 0.25) is 0 Å². The summed E-state index contributed by atoms with van der Waals surface area (Å²) in [6.45, 7) is 7.32. The molecule has 21 heavy (non-hydrogen) atoms. The molecule has 116 valence electrons. The second-order valence-electron chi connectivity index (χ2n) is 6.94. The minimum absolute atomic E-state index is 0.404. The number of rotatable bonds is 8. The number of hydrogen-bond donors (Lipinski definition) is 0. The summed E-state index contributed by atoms with van der Waals surface area (Å²) in [6.07, 6.45) is 10.8. The van der Waals surface area contributed by atoms with Crippen molar-refractivity contribution in [2.45, 2.75) is 45.6 Å². The molecule has 1 aromatic rings. The highest BCUT2D eigenvalue weighted by atomic mass is 16.5. The van der Waals surface area contributed by atoms with Crippen molar-refractivity contribution in [2.75, 3.05) is 26.3 Å². The van der Waals surface area contributed by atoms with Crippen molar-refractivity contribution in [3.63, 3.8) is 0 Å². The second kappa shape index (κ2) is 6.89. The van der Waals surface area contributed by atoms with Crippen molar-refractivity contribution >= 4 is 0 Å². The van der Waals surface area contributed by atoms with Crippen LogP contribution in [0.5, 0.6) is 0 Å². The number of ether oxygens (including phenoxy) is 1. The van der Waals surface area contributed by atoms with Crippen LogP contribution in [-0.2, 0) is 11.3 Å². The minimum atomic E-state index is 0.404. The Morgan fingerprint density at radius 3 is 3.05 bits per heavy atom. The molecule has 0 aromatic carbocycles. The highest BCUT2D eigenvalue weighted by Crippen LogP contribution is 2.42. The van der Waals surface area contributed by atoms with Crippen LogP contribution in [-0.4, -0.2) is 36.2 Å². The molecule has 1 atom stereocenters. The van der Waals surface area contributed by atoms with E-state index in [0.717, 1.165) is 25.7 Å². The van der Waals surface area contributed by atoms with Crippen LogP contribution in [0.1, 0.15) is 44.6 Å². The maximum atomic E-state index is 5.83. The molecule has 3 nitrogen and oxygen atoms in total. The van der Waals surface area contributed by atoms with Crippen LogP contribution in [0, 0.1) is 11.3 Å². The summed E-state index contributed by atoms with van der Waals surface area (Å²) in [4.78, 5) is 6.82. The van der Waals surface area contributed by atoms with Gasteiger partial charge in [0.25, 0.3) is 0 Å². The van der Waals surface area contributed by atoms with Crippen molar-refractivity contribution in [1.82, 2.24) is 9.88 Å². The van der Waals surface area contributed by atoms with Crippen LogP contribution < -0.4 is 0 Å². The van der Waals surface area contributed by atoms with Gasteiger partial charge in [0.15, 0.2) is 0 Å². The molecule has 0 spiro atoms. The predicted molar refractivity (Wildman–Crippen MR) is 85.0 cm³/mol. The van der Waals surface area contributed by atoms with E-state index in [0.29, 0.717) is 5.41 Å². The predicted octanol–water partition coefficient (Wildman–Crippen LogP) is 3.50. The minimum Gasteiger partial charge on any atom is -0.381 e. The SMILES string of the molecule is CCOC[C@@]1(CCC2CC2)CCN(Cc2cccnc2)C1. The van der Waals surface area contributed by atoms with E-state index >= 15 is 0 Å². The molecular weight excluding hydrogens is 260 g/mol. The van der Waals surface area contributed by atoms with Gasteiger partial charge < -0.3 is 4.74 Å². The lowest BCUT2D eigenvalue weighted by Gasteiger charge is -2.29. The van der Waals surface area contributed by atoms with Gasteiger partial charge in [-0.1, -0.05) is 18.9 Å². The molecule has 3 rings (SSSR count). The first kappa shape index (κ1) is 15.0. The fraction of sp³-hybridized carbons (Fsp3) is 0.722. The van der Waals surface area contributed by atoms with Crippen molar-refractivity contribution in [2.24, 2.45) is 11.3 Å². The van der Waals surface area contributed by atoms with Gasteiger partial charge >= 0.3 is 0 Å². The van der Waals surface area contributed by atoms with Gasteiger partial charge in [0, 0.05) is 37.5 Å². The van der Waals surface area contributed by atoms with Crippen molar-refractivity contribution in [3.8, 4) is 0 Å². The molecule has 2 heterocycles. The smallest absolute Gasteiger partial charge is 0.0535 e.